The number of carboxylic acids is 2. The molecule has 172 valence electrons. The van der Waals surface area contributed by atoms with Crippen molar-refractivity contribution in [3.63, 3.8) is 0 Å². The second-order valence-electron chi connectivity index (χ2n) is 7.58. The van der Waals surface area contributed by atoms with Crippen LogP contribution >= 0.6 is 0 Å². The zero-order valence-corrected chi connectivity index (χ0v) is 18.5. The number of carboxylic acid groups (broad SMARTS) is 2. The Morgan fingerprint density at radius 1 is 0.875 bits per heavy atom. The largest absolute Gasteiger partial charge is 0.478 e. The van der Waals surface area contributed by atoms with Crippen LogP contribution in [0.3, 0.4) is 0 Å². The van der Waals surface area contributed by atoms with E-state index < -0.39 is 11.9 Å². The molecule has 1 aliphatic rings. The molecule has 0 aromatic heterocycles. The van der Waals surface area contributed by atoms with E-state index in [1.54, 1.807) is 0 Å². The standard InChI is InChI=1S/C21H28N2O.C4H4O4/c1-22-13-8-14-23(16-15-22)17-18-24-21(19-9-4-2-5-10-19)20-11-6-3-7-12-20;5-3(6)1-2-4(7)8/h2-7,9-12,21H,8,13-18H2,1H3;1-2H,(H,5,6)(H,7,8)/b;2-1+. The Kier molecular flexibility index (Phi) is 11.2. The summed E-state index contributed by atoms with van der Waals surface area (Å²) in [5.74, 6) is -2.51. The highest BCUT2D eigenvalue weighted by atomic mass is 16.5. The summed E-state index contributed by atoms with van der Waals surface area (Å²) in [5, 5.41) is 15.6. The van der Waals surface area contributed by atoms with Crippen molar-refractivity contribution in [2.75, 3.05) is 46.4 Å². The second kappa shape index (κ2) is 14.1. The van der Waals surface area contributed by atoms with E-state index in [1.807, 2.05) is 0 Å². The summed E-state index contributed by atoms with van der Waals surface area (Å²) >= 11 is 0. The van der Waals surface area contributed by atoms with Gasteiger partial charge in [-0.05, 0) is 37.7 Å². The van der Waals surface area contributed by atoms with E-state index >= 15 is 0 Å². The highest BCUT2D eigenvalue weighted by Crippen LogP contribution is 2.25. The van der Waals surface area contributed by atoms with Crippen LogP contribution in [-0.2, 0) is 14.3 Å². The summed E-state index contributed by atoms with van der Waals surface area (Å²) in [7, 11) is 2.21. The zero-order valence-electron chi connectivity index (χ0n) is 18.5. The van der Waals surface area contributed by atoms with Gasteiger partial charge in [0.1, 0.15) is 6.10 Å². The molecule has 2 aromatic carbocycles. The number of hydrogen-bond donors (Lipinski definition) is 2. The summed E-state index contributed by atoms with van der Waals surface area (Å²) in [6.45, 7) is 6.44. The SMILES string of the molecule is CN1CCCN(CCOC(c2ccccc2)c2ccccc2)CC1.O=C(O)/C=C/C(=O)O. The predicted molar refractivity (Wildman–Crippen MR) is 124 cm³/mol. The van der Waals surface area contributed by atoms with Crippen LogP contribution in [0, 0.1) is 0 Å². The maximum absolute atomic E-state index is 9.55. The number of ether oxygens (including phenoxy) is 1. The molecular formula is C25H32N2O5. The number of rotatable bonds is 8. The Hall–Kier alpha value is -3.00. The first-order valence-corrected chi connectivity index (χ1v) is 10.7. The minimum Gasteiger partial charge on any atom is -0.478 e. The Labute approximate surface area is 189 Å². The molecule has 1 heterocycles. The van der Waals surface area contributed by atoms with Gasteiger partial charge in [-0.1, -0.05) is 60.7 Å². The summed E-state index contributed by atoms with van der Waals surface area (Å²) < 4.78 is 6.33. The maximum Gasteiger partial charge on any atom is 0.328 e. The van der Waals surface area contributed by atoms with Crippen molar-refractivity contribution in [1.82, 2.24) is 9.80 Å². The average Bonchev–Trinajstić information content (AvgIpc) is 3.01. The van der Waals surface area contributed by atoms with Crippen molar-refractivity contribution in [3.8, 4) is 0 Å². The first-order valence-electron chi connectivity index (χ1n) is 10.7. The fraction of sp³-hybridized carbons (Fsp3) is 0.360. The molecule has 1 saturated heterocycles. The third-order valence-corrected chi connectivity index (χ3v) is 5.08. The van der Waals surface area contributed by atoms with E-state index in [4.69, 9.17) is 14.9 Å². The normalized spacial score (nSPS) is 15.2. The molecule has 2 N–H and O–H groups in total. The first-order chi connectivity index (χ1) is 15.5. The van der Waals surface area contributed by atoms with Crippen LogP contribution in [0.5, 0.6) is 0 Å². The number of carbonyl (C=O) groups is 2. The van der Waals surface area contributed by atoms with Crippen LogP contribution in [0.1, 0.15) is 23.7 Å². The number of likely N-dealkylation sites (N-methyl/N-ethyl adjacent to an activating group) is 1. The lowest BCUT2D eigenvalue weighted by molar-refractivity contribution is -0.134. The second-order valence-corrected chi connectivity index (χ2v) is 7.58. The summed E-state index contributed by atoms with van der Waals surface area (Å²) in [5.41, 5.74) is 2.44. The van der Waals surface area contributed by atoms with Crippen LogP contribution in [-0.4, -0.2) is 78.3 Å². The van der Waals surface area contributed by atoms with Gasteiger partial charge in [-0.3, -0.25) is 4.90 Å². The number of aliphatic carboxylic acids is 2. The number of nitrogens with zero attached hydrogens (tertiary/aromatic N) is 2. The minimum atomic E-state index is -1.26. The van der Waals surface area contributed by atoms with Crippen molar-refractivity contribution in [1.29, 1.82) is 0 Å². The Morgan fingerprint density at radius 2 is 1.41 bits per heavy atom. The van der Waals surface area contributed by atoms with Crippen molar-refractivity contribution in [3.05, 3.63) is 83.9 Å². The fourth-order valence-corrected chi connectivity index (χ4v) is 3.41. The topological polar surface area (TPSA) is 90.3 Å². The molecule has 3 rings (SSSR count). The van der Waals surface area contributed by atoms with E-state index in [2.05, 4.69) is 77.5 Å². The Balaban J connectivity index is 0.000000390. The van der Waals surface area contributed by atoms with Gasteiger partial charge in [-0.2, -0.15) is 0 Å². The van der Waals surface area contributed by atoms with Crippen LogP contribution in [0.4, 0.5) is 0 Å². The molecule has 2 aromatic rings. The van der Waals surface area contributed by atoms with Gasteiger partial charge < -0.3 is 19.8 Å². The monoisotopic (exact) mass is 440 g/mol. The number of benzene rings is 2. The molecule has 0 saturated carbocycles. The van der Waals surface area contributed by atoms with Gasteiger partial charge in [0.15, 0.2) is 0 Å². The van der Waals surface area contributed by atoms with Gasteiger partial charge in [-0.15, -0.1) is 0 Å². The van der Waals surface area contributed by atoms with Crippen molar-refractivity contribution in [2.45, 2.75) is 12.5 Å². The lowest BCUT2D eigenvalue weighted by atomic mass is 10.0. The Morgan fingerprint density at radius 3 is 1.91 bits per heavy atom. The predicted octanol–water partition coefficient (Wildman–Crippen LogP) is 3.14. The third-order valence-electron chi connectivity index (χ3n) is 5.08. The molecule has 0 amide bonds. The fourth-order valence-electron chi connectivity index (χ4n) is 3.41. The summed E-state index contributed by atoms with van der Waals surface area (Å²) in [6.07, 6.45) is 2.38. The lowest BCUT2D eigenvalue weighted by Crippen LogP contribution is -2.32. The van der Waals surface area contributed by atoms with Gasteiger partial charge in [0.05, 0.1) is 6.61 Å². The van der Waals surface area contributed by atoms with Crippen LogP contribution < -0.4 is 0 Å². The van der Waals surface area contributed by atoms with E-state index in [9.17, 15) is 9.59 Å². The van der Waals surface area contributed by atoms with E-state index in [1.165, 1.54) is 30.6 Å². The highest BCUT2D eigenvalue weighted by molar-refractivity contribution is 5.89. The Bertz CT molecular complexity index is 786. The molecule has 0 radical (unpaired) electrons. The molecule has 1 fully saturated rings. The summed E-state index contributed by atoms with van der Waals surface area (Å²) in [4.78, 5) is 24.0. The van der Waals surface area contributed by atoms with Crippen LogP contribution in [0.25, 0.3) is 0 Å². The molecule has 1 aliphatic heterocycles. The average molecular weight is 441 g/mol. The lowest BCUT2D eigenvalue weighted by Gasteiger charge is -2.23. The van der Waals surface area contributed by atoms with E-state index in [0.29, 0.717) is 12.2 Å². The van der Waals surface area contributed by atoms with Crippen LogP contribution in [0.15, 0.2) is 72.8 Å². The van der Waals surface area contributed by atoms with Gasteiger partial charge in [0.25, 0.3) is 0 Å². The quantitative estimate of drug-likeness (QED) is 0.610. The van der Waals surface area contributed by atoms with Crippen molar-refractivity contribution in [2.24, 2.45) is 0 Å². The van der Waals surface area contributed by atoms with Gasteiger partial charge in [-0.25, -0.2) is 9.59 Å². The van der Waals surface area contributed by atoms with Gasteiger partial charge in [0, 0.05) is 31.8 Å². The maximum atomic E-state index is 9.55. The van der Waals surface area contributed by atoms with Crippen LogP contribution in [0.2, 0.25) is 0 Å². The molecule has 0 bridgehead atoms. The van der Waals surface area contributed by atoms with E-state index in [-0.39, 0.29) is 6.10 Å². The summed E-state index contributed by atoms with van der Waals surface area (Å²) in [6, 6.07) is 21.0. The molecule has 7 nitrogen and oxygen atoms in total. The van der Waals surface area contributed by atoms with Gasteiger partial charge >= 0.3 is 11.9 Å². The molecular weight excluding hydrogens is 408 g/mol. The molecule has 7 heteroatoms. The van der Waals surface area contributed by atoms with Gasteiger partial charge in [0.2, 0.25) is 0 Å². The zero-order chi connectivity index (χ0) is 23.2. The van der Waals surface area contributed by atoms with Crippen molar-refractivity contribution >= 4 is 11.9 Å². The molecule has 32 heavy (non-hydrogen) atoms. The third kappa shape index (κ3) is 9.87. The smallest absolute Gasteiger partial charge is 0.328 e. The highest BCUT2D eigenvalue weighted by Gasteiger charge is 2.16. The number of hydrogen-bond acceptors (Lipinski definition) is 5. The van der Waals surface area contributed by atoms with E-state index in [0.717, 1.165) is 26.2 Å². The van der Waals surface area contributed by atoms with Crippen molar-refractivity contribution < 1.29 is 24.5 Å². The molecule has 0 unspecified atom stereocenters. The molecule has 0 aliphatic carbocycles. The minimum absolute atomic E-state index is 0.0158. The first kappa shape index (κ1) is 25.3. The molecule has 0 atom stereocenters. The molecule has 0 spiro atoms.